The number of nitrogens with zero attached hydrogens (tertiary/aromatic N) is 1. The molecule has 17 heavy (non-hydrogen) atoms. The Morgan fingerprint density at radius 3 is 2.35 bits per heavy atom. The van der Waals surface area contributed by atoms with Crippen molar-refractivity contribution in [2.75, 3.05) is 14.2 Å². The Bertz CT molecular complexity index is 341. The highest BCUT2D eigenvalue weighted by Crippen LogP contribution is 2.62. The smallest absolute Gasteiger partial charge is 0.127 e. The second-order valence-electron chi connectivity index (χ2n) is 6.49. The zero-order valence-corrected chi connectivity index (χ0v) is 10.7. The minimum atomic E-state index is -0.495. The topological polar surface area (TPSA) is 56.5 Å². The summed E-state index contributed by atoms with van der Waals surface area (Å²) >= 11 is 0. The Morgan fingerprint density at radius 2 is 1.88 bits per heavy atom. The lowest BCUT2D eigenvalue weighted by Gasteiger charge is -2.60. The van der Waals surface area contributed by atoms with E-state index in [1.807, 2.05) is 0 Å². The number of hydrogen-bond donors (Lipinski definition) is 2. The van der Waals surface area contributed by atoms with Crippen LogP contribution in [0.3, 0.4) is 0 Å². The van der Waals surface area contributed by atoms with Crippen LogP contribution in [-0.4, -0.2) is 35.8 Å². The van der Waals surface area contributed by atoms with Crippen molar-refractivity contribution >= 4 is 5.84 Å². The molecule has 0 spiro atoms. The summed E-state index contributed by atoms with van der Waals surface area (Å²) in [5.41, 5.74) is -0.617. The van der Waals surface area contributed by atoms with Crippen LogP contribution in [0.5, 0.6) is 0 Å². The highest BCUT2D eigenvalue weighted by molar-refractivity contribution is 5.85. The average molecular weight is 238 g/mol. The largest absolute Gasteiger partial charge is 0.390 e. The van der Waals surface area contributed by atoms with Crippen LogP contribution in [0.25, 0.3) is 0 Å². The van der Waals surface area contributed by atoms with E-state index in [9.17, 15) is 5.11 Å². The molecule has 4 aliphatic carbocycles. The van der Waals surface area contributed by atoms with E-state index in [1.165, 1.54) is 6.42 Å². The van der Waals surface area contributed by atoms with Gasteiger partial charge in [-0.15, -0.1) is 0 Å². The van der Waals surface area contributed by atoms with Crippen molar-refractivity contribution in [2.24, 2.45) is 17.3 Å². The van der Waals surface area contributed by atoms with Crippen molar-refractivity contribution in [3.8, 4) is 0 Å². The molecule has 4 bridgehead atoms. The van der Waals surface area contributed by atoms with E-state index < -0.39 is 5.60 Å². The Labute approximate surface area is 102 Å². The maximum absolute atomic E-state index is 10.6. The van der Waals surface area contributed by atoms with Crippen molar-refractivity contribution in [1.82, 2.24) is 5.06 Å². The van der Waals surface area contributed by atoms with Crippen LogP contribution in [0, 0.1) is 22.7 Å². The first-order valence-corrected chi connectivity index (χ1v) is 6.56. The molecule has 4 fully saturated rings. The summed E-state index contributed by atoms with van der Waals surface area (Å²) < 4.78 is 0. The fourth-order valence-corrected chi connectivity index (χ4v) is 4.92. The molecule has 0 aromatic heterocycles. The molecule has 2 unspecified atom stereocenters. The summed E-state index contributed by atoms with van der Waals surface area (Å²) in [4.78, 5) is 5.16. The van der Waals surface area contributed by atoms with Gasteiger partial charge >= 0.3 is 0 Å². The number of hydrogen-bond acceptors (Lipinski definition) is 3. The zero-order valence-electron chi connectivity index (χ0n) is 10.7. The quantitative estimate of drug-likeness (QED) is 0.438. The van der Waals surface area contributed by atoms with Gasteiger partial charge in [0.2, 0.25) is 0 Å². The van der Waals surface area contributed by atoms with Crippen molar-refractivity contribution in [2.45, 2.75) is 44.1 Å². The molecule has 4 heteroatoms. The van der Waals surface area contributed by atoms with Crippen LogP contribution in [0.15, 0.2) is 0 Å². The predicted octanol–water partition coefficient (Wildman–Crippen LogP) is 1.79. The van der Waals surface area contributed by atoms with Gasteiger partial charge in [-0.3, -0.25) is 10.2 Å². The minimum Gasteiger partial charge on any atom is -0.390 e. The molecule has 0 radical (unpaired) electrons. The Kier molecular flexibility index (Phi) is 2.33. The van der Waals surface area contributed by atoms with Gasteiger partial charge in [-0.05, 0) is 50.4 Å². The Hall–Kier alpha value is -0.610. The fraction of sp³-hybridized carbons (Fsp3) is 0.923. The average Bonchev–Trinajstić information content (AvgIpc) is 2.23. The normalized spacial score (nSPS) is 47.2. The second kappa shape index (κ2) is 3.45. The standard InChI is InChI=1S/C13H22N2O2/c1-15(17-2)11(14)12-4-9-3-10(5-12)7-13(16,6-9)8-12/h9-10,14,16H,3-8H2,1-2H3. The van der Waals surface area contributed by atoms with Crippen molar-refractivity contribution < 1.29 is 9.94 Å². The minimum absolute atomic E-state index is 0.121. The van der Waals surface area contributed by atoms with E-state index in [0.29, 0.717) is 17.7 Å². The van der Waals surface area contributed by atoms with Gasteiger partial charge in [-0.2, -0.15) is 0 Å². The Morgan fingerprint density at radius 1 is 1.29 bits per heavy atom. The number of aliphatic hydroxyl groups is 1. The van der Waals surface area contributed by atoms with E-state index in [4.69, 9.17) is 10.2 Å². The molecule has 4 rings (SSSR count). The van der Waals surface area contributed by atoms with Crippen LogP contribution in [0.4, 0.5) is 0 Å². The lowest BCUT2D eigenvalue weighted by molar-refractivity contribution is -0.152. The first-order valence-electron chi connectivity index (χ1n) is 6.56. The summed E-state index contributed by atoms with van der Waals surface area (Å²) in [6.45, 7) is 0. The predicted molar refractivity (Wildman–Crippen MR) is 64.6 cm³/mol. The summed E-state index contributed by atoms with van der Waals surface area (Å²) in [6, 6.07) is 0. The van der Waals surface area contributed by atoms with Crippen molar-refractivity contribution in [3.63, 3.8) is 0 Å². The van der Waals surface area contributed by atoms with Gasteiger partial charge in [0.05, 0.1) is 12.7 Å². The van der Waals surface area contributed by atoms with Gasteiger partial charge in [-0.1, -0.05) is 0 Å². The highest BCUT2D eigenvalue weighted by atomic mass is 16.7. The molecule has 2 atom stereocenters. The van der Waals surface area contributed by atoms with Crippen LogP contribution >= 0.6 is 0 Å². The molecule has 0 saturated heterocycles. The van der Waals surface area contributed by atoms with Gasteiger partial charge in [0.1, 0.15) is 5.84 Å². The van der Waals surface area contributed by atoms with Crippen molar-refractivity contribution in [1.29, 1.82) is 5.41 Å². The molecular formula is C13H22N2O2. The molecule has 0 aromatic carbocycles. The third-order valence-corrected chi connectivity index (χ3v) is 5.12. The first kappa shape index (κ1) is 11.5. The fourth-order valence-electron chi connectivity index (χ4n) is 4.92. The van der Waals surface area contributed by atoms with E-state index in [-0.39, 0.29) is 5.41 Å². The van der Waals surface area contributed by atoms with Crippen LogP contribution in [0.2, 0.25) is 0 Å². The van der Waals surface area contributed by atoms with Crippen LogP contribution < -0.4 is 0 Å². The second-order valence-corrected chi connectivity index (χ2v) is 6.49. The third kappa shape index (κ3) is 1.61. The number of hydroxylamine groups is 2. The summed E-state index contributed by atoms with van der Waals surface area (Å²) in [7, 11) is 3.40. The molecular weight excluding hydrogens is 216 g/mol. The SMILES string of the molecule is CON(C)C(=N)C12CC3CC(CC(O)(C3)C1)C2. The van der Waals surface area contributed by atoms with E-state index in [2.05, 4.69) is 0 Å². The molecule has 0 aliphatic heterocycles. The summed E-state index contributed by atoms with van der Waals surface area (Å²) in [5, 5.41) is 20.5. The Balaban J connectivity index is 1.90. The monoisotopic (exact) mass is 238 g/mol. The maximum Gasteiger partial charge on any atom is 0.127 e. The molecule has 4 aliphatic rings. The number of amidine groups is 1. The van der Waals surface area contributed by atoms with Gasteiger partial charge in [-0.25, -0.2) is 5.06 Å². The first-order chi connectivity index (χ1) is 7.96. The van der Waals surface area contributed by atoms with Crippen LogP contribution in [-0.2, 0) is 4.84 Å². The molecule has 4 saturated carbocycles. The zero-order chi connectivity index (χ0) is 12.3. The van der Waals surface area contributed by atoms with Gasteiger partial charge in [0, 0.05) is 12.5 Å². The van der Waals surface area contributed by atoms with Crippen molar-refractivity contribution in [3.05, 3.63) is 0 Å². The maximum atomic E-state index is 10.6. The molecule has 0 amide bonds. The molecule has 2 N–H and O–H groups in total. The van der Waals surface area contributed by atoms with Gasteiger partial charge in [0.25, 0.3) is 0 Å². The molecule has 0 aromatic rings. The third-order valence-electron chi connectivity index (χ3n) is 5.12. The lowest BCUT2D eigenvalue weighted by Crippen LogP contribution is -2.60. The van der Waals surface area contributed by atoms with Gasteiger partial charge < -0.3 is 5.11 Å². The lowest BCUT2D eigenvalue weighted by atomic mass is 9.47. The highest BCUT2D eigenvalue weighted by Gasteiger charge is 2.59. The molecule has 4 nitrogen and oxygen atoms in total. The molecule has 0 heterocycles. The van der Waals surface area contributed by atoms with E-state index in [0.717, 1.165) is 32.1 Å². The number of rotatable bonds is 2. The van der Waals surface area contributed by atoms with Crippen LogP contribution in [0.1, 0.15) is 38.5 Å². The van der Waals surface area contributed by atoms with Gasteiger partial charge in [0.15, 0.2) is 0 Å². The summed E-state index contributed by atoms with van der Waals surface area (Å²) in [5.74, 6) is 1.80. The molecule has 96 valence electrons. The summed E-state index contributed by atoms with van der Waals surface area (Å²) in [6.07, 6.45) is 6.06. The van der Waals surface area contributed by atoms with E-state index >= 15 is 0 Å². The number of nitrogens with one attached hydrogen (secondary N) is 1. The van der Waals surface area contributed by atoms with E-state index in [1.54, 1.807) is 19.2 Å².